The number of ether oxygens (including phenoxy) is 1. The van der Waals surface area contributed by atoms with Gasteiger partial charge in [0.25, 0.3) is 0 Å². The second-order valence-electron chi connectivity index (χ2n) is 11.4. The Balaban J connectivity index is 1.30. The molecule has 0 unspecified atom stereocenters. The molecule has 0 bridgehead atoms. The number of aryl methyl sites for hydroxylation is 3. The van der Waals surface area contributed by atoms with Gasteiger partial charge in [0.2, 0.25) is 0 Å². The van der Waals surface area contributed by atoms with Gasteiger partial charge in [-0.2, -0.15) is 0 Å². The minimum atomic E-state index is -0.482. The molecule has 0 fully saturated rings. The van der Waals surface area contributed by atoms with Crippen LogP contribution in [0.5, 0.6) is 5.75 Å². The molecule has 6 aromatic carbocycles. The molecule has 0 saturated heterocycles. The number of carbonyl (C=O) groups excluding carboxylic acids is 1. The summed E-state index contributed by atoms with van der Waals surface area (Å²) >= 11 is 0. The molecule has 0 N–H and O–H groups in total. The lowest BCUT2D eigenvalue weighted by molar-refractivity contribution is -0.128. The third-order valence-electron chi connectivity index (χ3n) is 7.94. The molecule has 0 atom stereocenters. The molecule has 0 aliphatic rings. The van der Waals surface area contributed by atoms with Crippen molar-refractivity contribution in [1.82, 2.24) is 0 Å². The molecule has 4 heteroatoms. The number of esters is 1. The molecule has 4 nitrogen and oxygen atoms in total. The van der Waals surface area contributed by atoms with Crippen LogP contribution < -0.4 is 14.5 Å². The van der Waals surface area contributed by atoms with Gasteiger partial charge in [0.15, 0.2) is 0 Å². The normalized spacial score (nSPS) is 10.7. The van der Waals surface area contributed by atoms with E-state index in [1.165, 1.54) is 16.7 Å². The largest absolute Gasteiger partial charge is 0.423 e. The Morgan fingerprint density at radius 3 is 1.00 bits per heavy atom. The fraction of sp³-hybridized carbons (Fsp3) is 0.0714. The first-order chi connectivity index (χ1) is 22.4. The summed E-state index contributed by atoms with van der Waals surface area (Å²) in [6.45, 7) is 9.78. The van der Waals surface area contributed by atoms with Gasteiger partial charge >= 0.3 is 5.97 Å². The fourth-order valence-corrected chi connectivity index (χ4v) is 5.40. The van der Waals surface area contributed by atoms with Crippen molar-refractivity contribution in [3.63, 3.8) is 0 Å². The van der Waals surface area contributed by atoms with E-state index >= 15 is 0 Å². The molecule has 0 aliphatic carbocycles. The van der Waals surface area contributed by atoms with E-state index in [-0.39, 0.29) is 0 Å². The number of hydrogen-bond donors (Lipinski definition) is 0. The summed E-state index contributed by atoms with van der Waals surface area (Å²) in [5, 5.41) is 0. The summed E-state index contributed by atoms with van der Waals surface area (Å²) in [4.78, 5) is 16.1. The van der Waals surface area contributed by atoms with Gasteiger partial charge in [0.05, 0.1) is 0 Å². The standard InChI is InChI=1S/C42H36N2O2/c1-5-42(45)46-41-28-26-40(27-29-41)44(37-20-10-32(4)11-21-37)39-24-14-34(15-25-39)33-12-22-38(23-13-33)43(35-16-6-30(2)7-17-35)36-18-8-31(3)9-19-36/h5-29H,1H2,2-4H3. The van der Waals surface area contributed by atoms with Crippen LogP contribution in [0, 0.1) is 20.8 Å². The molecule has 0 saturated carbocycles. The maximum Gasteiger partial charge on any atom is 0.335 e. The molecule has 0 radical (unpaired) electrons. The van der Waals surface area contributed by atoms with Gasteiger partial charge in [-0.05, 0) is 117 Å². The maximum absolute atomic E-state index is 11.7. The van der Waals surface area contributed by atoms with E-state index in [2.05, 4.69) is 158 Å². The number of hydrogen-bond acceptors (Lipinski definition) is 4. The van der Waals surface area contributed by atoms with Crippen molar-refractivity contribution in [1.29, 1.82) is 0 Å². The van der Waals surface area contributed by atoms with Crippen molar-refractivity contribution in [3.05, 3.63) is 175 Å². The molecule has 0 amide bonds. The Hall–Kier alpha value is -5.87. The molecule has 6 rings (SSSR count). The smallest absolute Gasteiger partial charge is 0.335 e. The Bertz CT molecular complexity index is 1880. The van der Waals surface area contributed by atoms with Gasteiger partial charge in [-0.25, -0.2) is 4.79 Å². The molecular weight excluding hydrogens is 564 g/mol. The first-order valence-electron chi connectivity index (χ1n) is 15.3. The molecule has 0 heterocycles. The number of anilines is 6. The van der Waals surface area contributed by atoms with Crippen LogP contribution in [-0.4, -0.2) is 5.97 Å². The minimum absolute atomic E-state index is 0.472. The fourth-order valence-electron chi connectivity index (χ4n) is 5.40. The van der Waals surface area contributed by atoms with Gasteiger partial charge in [-0.15, -0.1) is 0 Å². The highest BCUT2D eigenvalue weighted by Gasteiger charge is 2.15. The lowest BCUT2D eigenvalue weighted by Crippen LogP contribution is -2.10. The van der Waals surface area contributed by atoms with E-state index < -0.39 is 5.97 Å². The third-order valence-corrected chi connectivity index (χ3v) is 7.94. The minimum Gasteiger partial charge on any atom is -0.423 e. The highest BCUT2D eigenvalue weighted by Crippen LogP contribution is 2.38. The number of benzene rings is 6. The molecule has 0 aromatic heterocycles. The van der Waals surface area contributed by atoms with Crippen molar-refractivity contribution in [2.45, 2.75) is 20.8 Å². The predicted octanol–water partition coefficient (Wildman–Crippen LogP) is 11.3. The average Bonchev–Trinajstić information content (AvgIpc) is 3.09. The Labute approximate surface area is 271 Å². The Morgan fingerprint density at radius 2 is 0.717 bits per heavy atom. The van der Waals surface area contributed by atoms with E-state index in [4.69, 9.17) is 4.74 Å². The first kappa shape index (κ1) is 30.2. The van der Waals surface area contributed by atoms with Crippen LogP contribution in [0.15, 0.2) is 158 Å². The van der Waals surface area contributed by atoms with Gasteiger partial charge in [0, 0.05) is 40.2 Å². The van der Waals surface area contributed by atoms with Crippen LogP contribution in [0.1, 0.15) is 16.7 Å². The van der Waals surface area contributed by atoms with Crippen LogP contribution in [0.3, 0.4) is 0 Å². The third kappa shape index (κ3) is 6.77. The first-order valence-corrected chi connectivity index (χ1v) is 15.3. The van der Waals surface area contributed by atoms with Crippen molar-refractivity contribution < 1.29 is 9.53 Å². The molecule has 46 heavy (non-hydrogen) atoms. The summed E-state index contributed by atoms with van der Waals surface area (Å²) in [5.41, 5.74) is 12.3. The second kappa shape index (κ2) is 13.4. The number of nitrogens with zero attached hydrogens (tertiary/aromatic N) is 2. The Kier molecular flexibility index (Phi) is 8.80. The van der Waals surface area contributed by atoms with Gasteiger partial charge in [0.1, 0.15) is 5.75 Å². The number of carbonyl (C=O) groups is 1. The topological polar surface area (TPSA) is 32.8 Å². The van der Waals surface area contributed by atoms with Gasteiger partial charge in [-0.1, -0.05) is 83.9 Å². The van der Waals surface area contributed by atoms with E-state index in [1.807, 2.05) is 12.1 Å². The summed E-state index contributed by atoms with van der Waals surface area (Å²) in [5.74, 6) is -0.00982. The molecular formula is C42H36N2O2. The van der Waals surface area contributed by atoms with E-state index in [9.17, 15) is 4.79 Å². The predicted molar refractivity (Wildman–Crippen MR) is 191 cm³/mol. The molecule has 0 spiro atoms. The highest BCUT2D eigenvalue weighted by atomic mass is 16.5. The van der Waals surface area contributed by atoms with Crippen molar-refractivity contribution in [2.75, 3.05) is 9.80 Å². The van der Waals surface area contributed by atoms with Crippen LogP contribution in [0.4, 0.5) is 34.1 Å². The summed E-state index contributed by atoms with van der Waals surface area (Å²) in [7, 11) is 0. The Morgan fingerprint density at radius 1 is 0.457 bits per heavy atom. The zero-order chi connectivity index (χ0) is 32.0. The van der Waals surface area contributed by atoms with Crippen molar-refractivity contribution in [2.24, 2.45) is 0 Å². The van der Waals surface area contributed by atoms with Crippen LogP contribution in [0.25, 0.3) is 11.1 Å². The van der Waals surface area contributed by atoms with Crippen LogP contribution in [0.2, 0.25) is 0 Å². The van der Waals surface area contributed by atoms with Crippen LogP contribution in [-0.2, 0) is 4.79 Å². The van der Waals surface area contributed by atoms with Gasteiger partial charge in [-0.3, -0.25) is 0 Å². The zero-order valence-corrected chi connectivity index (χ0v) is 26.4. The average molecular weight is 601 g/mol. The van der Waals surface area contributed by atoms with Crippen molar-refractivity contribution >= 4 is 40.1 Å². The number of rotatable bonds is 9. The summed E-state index contributed by atoms with van der Waals surface area (Å²) in [6, 6.07) is 50.5. The van der Waals surface area contributed by atoms with Crippen LogP contribution >= 0.6 is 0 Å². The van der Waals surface area contributed by atoms with Gasteiger partial charge < -0.3 is 14.5 Å². The molecule has 6 aromatic rings. The molecule has 0 aliphatic heterocycles. The lowest BCUT2D eigenvalue weighted by Gasteiger charge is -2.26. The SMILES string of the molecule is C=CC(=O)Oc1ccc(N(c2ccc(C)cc2)c2ccc(-c3ccc(N(c4ccc(C)cc4)c4ccc(C)cc4)cc3)cc2)cc1. The summed E-state index contributed by atoms with van der Waals surface area (Å²) in [6.07, 6.45) is 1.16. The monoisotopic (exact) mass is 600 g/mol. The highest BCUT2D eigenvalue weighted by molar-refractivity contribution is 5.84. The molecule has 226 valence electrons. The zero-order valence-electron chi connectivity index (χ0n) is 26.4. The quantitative estimate of drug-likeness (QED) is 0.0939. The summed E-state index contributed by atoms with van der Waals surface area (Å²) < 4.78 is 5.29. The lowest BCUT2D eigenvalue weighted by atomic mass is 10.0. The second-order valence-corrected chi connectivity index (χ2v) is 11.4. The van der Waals surface area contributed by atoms with Crippen molar-refractivity contribution in [3.8, 4) is 16.9 Å². The van der Waals surface area contributed by atoms with E-state index in [0.29, 0.717) is 5.75 Å². The van der Waals surface area contributed by atoms with E-state index in [0.717, 1.165) is 51.3 Å². The van der Waals surface area contributed by atoms with E-state index in [1.54, 1.807) is 12.1 Å². The maximum atomic E-state index is 11.7.